The number of hydrogen-bond donors (Lipinski definition) is 2. The average molecular weight is 346 g/mol. The largest absolute Gasteiger partial charge is 0.373 e. The van der Waals surface area contributed by atoms with Gasteiger partial charge >= 0.3 is 0 Å². The summed E-state index contributed by atoms with van der Waals surface area (Å²) in [5.41, 5.74) is 4.09. The number of nitrogens with one attached hydrogen (secondary N) is 2. The van der Waals surface area contributed by atoms with Crippen molar-refractivity contribution in [2.24, 2.45) is 0 Å². The number of halogens is 2. The molecule has 24 heavy (non-hydrogen) atoms. The minimum atomic E-state index is -0.239. The van der Waals surface area contributed by atoms with Crippen LogP contribution in [0.2, 0.25) is 0 Å². The van der Waals surface area contributed by atoms with Crippen molar-refractivity contribution in [3.8, 4) is 0 Å². The van der Waals surface area contributed by atoms with Crippen LogP contribution in [0.4, 0.5) is 10.1 Å². The van der Waals surface area contributed by atoms with Crippen LogP contribution in [0, 0.1) is 5.82 Å². The summed E-state index contributed by atoms with van der Waals surface area (Å²) in [6, 6.07) is 10.3. The third kappa shape index (κ3) is 3.95. The molecule has 2 heterocycles. The summed E-state index contributed by atoms with van der Waals surface area (Å²) >= 11 is 0. The van der Waals surface area contributed by atoms with Crippen LogP contribution in [0.3, 0.4) is 0 Å². The number of allylic oxidation sites excluding steroid dienone is 1. The van der Waals surface area contributed by atoms with E-state index in [1.807, 2.05) is 24.5 Å². The van der Waals surface area contributed by atoms with E-state index in [1.165, 1.54) is 17.7 Å². The Morgan fingerprint density at radius 2 is 2.00 bits per heavy atom. The average Bonchev–Trinajstić information content (AvgIpc) is 3.04. The van der Waals surface area contributed by atoms with Gasteiger partial charge in [0.05, 0.1) is 17.3 Å². The molecule has 0 saturated carbocycles. The standard InChI is InChI=1S/C19H20FN3.ClH/c1-3-13(2)12-17(23-16-6-4-15(20)5-7-16)19-18-14(8-10-21-18)9-11-22-19;/h4-12,17,21,23H,3H2,1-2H3;1H/b13-12-;. The van der Waals surface area contributed by atoms with E-state index in [9.17, 15) is 4.39 Å². The van der Waals surface area contributed by atoms with E-state index >= 15 is 0 Å². The molecule has 5 heteroatoms. The van der Waals surface area contributed by atoms with Crippen LogP contribution in [0.1, 0.15) is 32.0 Å². The zero-order chi connectivity index (χ0) is 16.2. The number of H-pyrrole nitrogens is 1. The molecule has 0 radical (unpaired) electrons. The van der Waals surface area contributed by atoms with E-state index in [0.717, 1.165) is 28.7 Å². The van der Waals surface area contributed by atoms with Gasteiger partial charge in [-0.3, -0.25) is 4.98 Å². The van der Waals surface area contributed by atoms with E-state index in [4.69, 9.17) is 0 Å². The maximum atomic E-state index is 13.1. The lowest BCUT2D eigenvalue weighted by Crippen LogP contribution is -2.11. The molecule has 3 rings (SSSR count). The van der Waals surface area contributed by atoms with Gasteiger partial charge in [-0.15, -0.1) is 12.4 Å². The zero-order valence-electron chi connectivity index (χ0n) is 13.7. The highest BCUT2D eigenvalue weighted by Gasteiger charge is 2.15. The Morgan fingerprint density at radius 1 is 1.25 bits per heavy atom. The maximum Gasteiger partial charge on any atom is 0.123 e. The summed E-state index contributed by atoms with van der Waals surface area (Å²) < 4.78 is 13.1. The number of anilines is 1. The van der Waals surface area contributed by atoms with Crippen molar-refractivity contribution < 1.29 is 4.39 Å². The Labute approximate surface area is 147 Å². The molecule has 0 spiro atoms. The van der Waals surface area contributed by atoms with Gasteiger partial charge < -0.3 is 10.3 Å². The number of pyridine rings is 1. The number of rotatable bonds is 5. The lowest BCUT2D eigenvalue weighted by molar-refractivity contribution is 0.628. The van der Waals surface area contributed by atoms with Crippen LogP contribution in [0.15, 0.2) is 60.4 Å². The second-order valence-corrected chi connectivity index (χ2v) is 5.63. The topological polar surface area (TPSA) is 40.7 Å². The first-order valence-corrected chi connectivity index (χ1v) is 7.78. The second kappa shape index (κ2) is 7.97. The van der Waals surface area contributed by atoms with E-state index in [-0.39, 0.29) is 24.3 Å². The van der Waals surface area contributed by atoms with Gasteiger partial charge in [0, 0.05) is 23.5 Å². The predicted octanol–water partition coefficient (Wildman–Crippen LogP) is 5.63. The van der Waals surface area contributed by atoms with Crippen LogP contribution < -0.4 is 5.32 Å². The van der Waals surface area contributed by atoms with E-state index in [1.54, 1.807) is 12.1 Å². The monoisotopic (exact) mass is 345 g/mol. The van der Waals surface area contributed by atoms with Crippen molar-refractivity contribution in [2.75, 3.05) is 5.32 Å². The third-order valence-electron chi connectivity index (χ3n) is 3.97. The Hall–Kier alpha value is -2.33. The van der Waals surface area contributed by atoms with Gasteiger partial charge in [0.25, 0.3) is 0 Å². The second-order valence-electron chi connectivity index (χ2n) is 5.63. The first-order chi connectivity index (χ1) is 11.2. The lowest BCUT2D eigenvalue weighted by Gasteiger charge is -2.18. The molecule has 3 nitrogen and oxygen atoms in total. The van der Waals surface area contributed by atoms with Crippen molar-refractivity contribution >= 4 is 29.0 Å². The van der Waals surface area contributed by atoms with Gasteiger partial charge in [0.15, 0.2) is 0 Å². The normalized spacial score (nSPS) is 12.7. The number of aromatic nitrogens is 2. The van der Waals surface area contributed by atoms with Crippen LogP contribution in [-0.4, -0.2) is 9.97 Å². The number of benzene rings is 1. The maximum absolute atomic E-state index is 13.1. The van der Waals surface area contributed by atoms with Gasteiger partial charge in [0.1, 0.15) is 5.82 Å². The highest BCUT2D eigenvalue weighted by atomic mass is 35.5. The SMILES string of the molecule is CC/C(C)=C\C(Nc1ccc(F)cc1)c1nccc2cc[nH]c12.Cl. The van der Waals surface area contributed by atoms with Gasteiger partial charge in [-0.25, -0.2) is 4.39 Å². The Morgan fingerprint density at radius 3 is 2.71 bits per heavy atom. The molecule has 1 aromatic carbocycles. The van der Waals surface area contributed by atoms with Crippen LogP contribution >= 0.6 is 12.4 Å². The van der Waals surface area contributed by atoms with Crippen molar-refractivity contribution in [1.29, 1.82) is 0 Å². The summed E-state index contributed by atoms with van der Waals surface area (Å²) in [5, 5.41) is 4.57. The van der Waals surface area contributed by atoms with E-state index < -0.39 is 0 Å². The first kappa shape index (κ1) is 18.0. The number of fused-ring (bicyclic) bond motifs is 1. The fraction of sp³-hybridized carbons (Fsp3) is 0.211. The highest BCUT2D eigenvalue weighted by Crippen LogP contribution is 2.26. The number of hydrogen-bond acceptors (Lipinski definition) is 2. The van der Waals surface area contributed by atoms with Crippen LogP contribution in [-0.2, 0) is 0 Å². The zero-order valence-corrected chi connectivity index (χ0v) is 14.5. The number of nitrogens with zero attached hydrogens (tertiary/aromatic N) is 1. The fourth-order valence-corrected chi connectivity index (χ4v) is 2.56. The molecule has 2 aromatic heterocycles. The Balaban J connectivity index is 0.00000208. The lowest BCUT2D eigenvalue weighted by atomic mass is 10.1. The van der Waals surface area contributed by atoms with Gasteiger partial charge in [-0.2, -0.15) is 0 Å². The Kier molecular flexibility index (Phi) is 5.99. The summed E-state index contributed by atoms with van der Waals surface area (Å²) in [6.45, 7) is 4.23. The molecular formula is C19H21ClFN3. The minimum Gasteiger partial charge on any atom is -0.373 e. The molecule has 2 N–H and O–H groups in total. The number of aromatic amines is 1. The van der Waals surface area contributed by atoms with Crippen molar-refractivity contribution in [1.82, 2.24) is 9.97 Å². The molecule has 1 atom stereocenters. The van der Waals surface area contributed by atoms with E-state index in [0.29, 0.717) is 0 Å². The molecule has 0 saturated heterocycles. The molecule has 0 bridgehead atoms. The summed E-state index contributed by atoms with van der Waals surface area (Å²) in [6.07, 6.45) is 6.88. The highest BCUT2D eigenvalue weighted by molar-refractivity contribution is 5.85. The smallest absolute Gasteiger partial charge is 0.123 e. The molecule has 0 fully saturated rings. The quantitative estimate of drug-likeness (QED) is 0.588. The van der Waals surface area contributed by atoms with Crippen molar-refractivity contribution in [2.45, 2.75) is 26.3 Å². The van der Waals surface area contributed by atoms with Gasteiger partial charge in [-0.1, -0.05) is 18.6 Å². The van der Waals surface area contributed by atoms with Crippen LogP contribution in [0.5, 0.6) is 0 Å². The minimum absolute atomic E-state index is 0. The molecule has 0 amide bonds. The third-order valence-corrected chi connectivity index (χ3v) is 3.97. The molecule has 126 valence electrons. The molecule has 0 aliphatic carbocycles. The van der Waals surface area contributed by atoms with Gasteiger partial charge in [-0.05, 0) is 49.7 Å². The van der Waals surface area contributed by atoms with Crippen molar-refractivity contribution in [3.63, 3.8) is 0 Å². The molecule has 0 aliphatic heterocycles. The van der Waals surface area contributed by atoms with E-state index in [2.05, 4.69) is 35.2 Å². The molecule has 1 unspecified atom stereocenters. The fourth-order valence-electron chi connectivity index (χ4n) is 2.56. The summed E-state index contributed by atoms with van der Waals surface area (Å²) in [7, 11) is 0. The molecular weight excluding hydrogens is 325 g/mol. The summed E-state index contributed by atoms with van der Waals surface area (Å²) in [4.78, 5) is 7.83. The first-order valence-electron chi connectivity index (χ1n) is 7.78. The van der Waals surface area contributed by atoms with Crippen molar-refractivity contribution in [3.05, 3.63) is 72.0 Å². The predicted molar refractivity (Wildman–Crippen MR) is 100 cm³/mol. The Bertz CT molecular complexity index is 824. The van der Waals surface area contributed by atoms with Gasteiger partial charge in [0.2, 0.25) is 0 Å². The van der Waals surface area contributed by atoms with Crippen LogP contribution in [0.25, 0.3) is 10.9 Å². The molecule has 3 aromatic rings. The summed E-state index contributed by atoms with van der Waals surface area (Å²) in [5.74, 6) is -0.239. The molecule has 0 aliphatic rings.